The lowest BCUT2D eigenvalue weighted by Crippen LogP contribution is -2.20. The van der Waals surface area contributed by atoms with Crippen LogP contribution in [0.4, 0.5) is 52.7 Å². The molecule has 1 saturated carbocycles. The van der Waals surface area contributed by atoms with Crippen molar-refractivity contribution in [1.82, 2.24) is 0 Å². The van der Waals surface area contributed by atoms with Crippen LogP contribution in [0.1, 0.15) is 59.1 Å². The number of rotatable bonds is 4. The third-order valence-corrected chi connectivity index (χ3v) is 6.06. The average Bonchev–Trinajstić information content (AvgIpc) is 2.80. The first-order valence-corrected chi connectivity index (χ1v) is 11.3. The van der Waals surface area contributed by atoms with Crippen molar-refractivity contribution in [3.8, 4) is 11.5 Å². The zero-order valence-corrected chi connectivity index (χ0v) is 19.8. The highest BCUT2D eigenvalue weighted by Gasteiger charge is 2.41. The molecule has 0 amide bonds. The van der Waals surface area contributed by atoms with Gasteiger partial charge in [-0.3, -0.25) is 9.98 Å². The molecule has 0 spiro atoms. The van der Waals surface area contributed by atoms with Gasteiger partial charge in [-0.05, 0) is 49.9 Å². The van der Waals surface area contributed by atoms with Gasteiger partial charge in [-0.1, -0.05) is 0 Å². The number of aliphatic imine (C=N–C) groups is 2. The number of aromatic hydroxyl groups is 2. The molecule has 2 aromatic rings. The predicted molar refractivity (Wildman–Crippen MR) is 117 cm³/mol. The Morgan fingerprint density at radius 3 is 1.07 bits per heavy atom. The average molecular weight is 594 g/mol. The van der Waals surface area contributed by atoms with E-state index in [-0.39, 0.29) is 37.8 Å². The first kappa shape index (κ1) is 31.1. The van der Waals surface area contributed by atoms with Gasteiger partial charge in [-0.2, -0.15) is 52.7 Å². The number of hydrogen-bond donors (Lipinski definition) is 2. The van der Waals surface area contributed by atoms with Gasteiger partial charge in [-0.25, -0.2) is 0 Å². The Balaban J connectivity index is 1.77. The summed E-state index contributed by atoms with van der Waals surface area (Å²) in [4.78, 5) is 7.89. The zero-order chi connectivity index (χ0) is 30.3. The summed E-state index contributed by atoms with van der Waals surface area (Å²) in [5.74, 6) is -2.89. The topological polar surface area (TPSA) is 65.2 Å². The van der Waals surface area contributed by atoms with E-state index < -0.39 is 81.7 Å². The molecule has 1 aliphatic rings. The van der Waals surface area contributed by atoms with Gasteiger partial charge in [0.2, 0.25) is 0 Å². The lowest BCUT2D eigenvalue weighted by atomic mass is 9.92. The number of benzene rings is 2. The van der Waals surface area contributed by atoms with Gasteiger partial charge in [0.15, 0.2) is 0 Å². The molecule has 0 aliphatic heterocycles. The number of phenols is 2. The van der Waals surface area contributed by atoms with E-state index in [0.717, 1.165) is 0 Å². The zero-order valence-electron chi connectivity index (χ0n) is 19.8. The molecule has 2 aromatic carbocycles. The van der Waals surface area contributed by atoms with Crippen LogP contribution in [0.15, 0.2) is 34.3 Å². The van der Waals surface area contributed by atoms with Crippen LogP contribution in [-0.2, 0) is 24.7 Å². The maximum Gasteiger partial charge on any atom is 0.419 e. The minimum atomic E-state index is -5.28. The molecular weight excluding hydrogens is 576 g/mol. The van der Waals surface area contributed by atoms with Crippen LogP contribution < -0.4 is 0 Å². The minimum Gasteiger partial charge on any atom is -0.507 e. The summed E-state index contributed by atoms with van der Waals surface area (Å²) in [6, 6.07) is -1.10. The van der Waals surface area contributed by atoms with Crippen molar-refractivity contribution in [2.24, 2.45) is 9.98 Å². The second-order valence-electron chi connectivity index (χ2n) is 8.93. The maximum atomic E-state index is 13.1. The van der Waals surface area contributed by atoms with Crippen molar-refractivity contribution in [2.45, 2.75) is 62.5 Å². The molecule has 0 bridgehead atoms. The monoisotopic (exact) mass is 594 g/mol. The fourth-order valence-corrected chi connectivity index (χ4v) is 4.00. The van der Waals surface area contributed by atoms with Gasteiger partial charge < -0.3 is 10.2 Å². The molecule has 40 heavy (non-hydrogen) atoms. The largest absolute Gasteiger partial charge is 0.507 e. The maximum absolute atomic E-state index is 13.1. The van der Waals surface area contributed by atoms with Gasteiger partial charge >= 0.3 is 24.7 Å². The first-order valence-electron chi connectivity index (χ1n) is 11.3. The third kappa shape index (κ3) is 7.38. The van der Waals surface area contributed by atoms with Crippen LogP contribution in [0.2, 0.25) is 0 Å². The van der Waals surface area contributed by atoms with Crippen molar-refractivity contribution >= 4 is 12.4 Å². The highest BCUT2D eigenvalue weighted by molar-refractivity contribution is 5.85. The lowest BCUT2D eigenvalue weighted by molar-refractivity contribution is -0.145. The van der Waals surface area contributed by atoms with Crippen LogP contribution in [0.5, 0.6) is 11.5 Å². The van der Waals surface area contributed by atoms with Gasteiger partial charge in [0.05, 0.1) is 34.3 Å². The Morgan fingerprint density at radius 1 is 0.525 bits per heavy atom. The number of halogens is 12. The number of alkyl halides is 12. The highest BCUT2D eigenvalue weighted by atomic mass is 19.4. The molecule has 0 heterocycles. The summed E-state index contributed by atoms with van der Waals surface area (Å²) in [6.07, 6.45) is -18.8. The molecule has 0 radical (unpaired) electrons. The third-order valence-electron chi connectivity index (χ3n) is 6.06. The van der Waals surface area contributed by atoms with Crippen LogP contribution in [0.3, 0.4) is 0 Å². The second kappa shape index (κ2) is 10.8. The summed E-state index contributed by atoms with van der Waals surface area (Å²) >= 11 is 0. The molecule has 0 aromatic heterocycles. The van der Waals surface area contributed by atoms with E-state index in [1.807, 2.05) is 0 Å². The Labute approximate surface area is 217 Å². The molecule has 0 atom stereocenters. The van der Waals surface area contributed by atoms with Crippen molar-refractivity contribution < 1.29 is 62.9 Å². The van der Waals surface area contributed by atoms with Crippen LogP contribution in [0.25, 0.3) is 0 Å². The number of nitrogens with zero attached hydrogens (tertiary/aromatic N) is 2. The van der Waals surface area contributed by atoms with E-state index in [9.17, 15) is 62.9 Å². The van der Waals surface area contributed by atoms with Gasteiger partial charge in [0.1, 0.15) is 11.5 Å². The minimum absolute atomic E-state index is 0.159. The van der Waals surface area contributed by atoms with E-state index in [4.69, 9.17) is 0 Å². The molecule has 3 rings (SSSR count). The molecule has 0 unspecified atom stereocenters. The van der Waals surface area contributed by atoms with E-state index in [0.29, 0.717) is 24.6 Å². The van der Waals surface area contributed by atoms with E-state index in [1.165, 1.54) is 0 Å². The molecule has 4 nitrogen and oxygen atoms in total. The summed E-state index contributed by atoms with van der Waals surface area (Å²) in [5, 5.41) is 19.7. The van der Waals surface area contributed by atoms with Gasteiger partial charge in [0, 0.05) is 23.6 Å². The van der Waals surface area contributed by atoms with E-state index in [2.05, 4.69) is 9.98 Å². The van der Waals surface area contributed by atoms with Gasteiger partial charge in [0.25, 0.3) is 0 Å². The van der Waals surface area contributed by atoms with Gasteiger partial charge in [-0.15, -0.1) is 0 Å². The lowest BCUT2D eigenvalue weighted by Gasteiger charge is -2.23. The van der Waals surface area contributed by atoms with E-state index >= 15 is 0 Å². The molecule has 220 valence electrons. The molecule has 1 fully saturated rings. The molecular formula is C24H18F12N2O2. The molecule has 2 N–H and O–H groups in total. The second-order valence-corrected chi connectivity index (χ2v) is 8.93. The van der Waals surface area contributed by atoms with Crippen molar-refractivity contribution in [1.29, 1.82) is 0 Å². The summed E-state index contributed by atoms with van der Waals surface area (Å²) in [5.41, 5.74) is -8.72. The van der Waals surface area contributed by atoms with Crippen molar-refractivity contribution in [3.05, 3.63) is 57.6 Å². The standard InChI is InChI=1S/C24H18F12N2O2/c25-21(26,27)13-5-11(19(39)17(7-13)23(31,32)33)9-37-15-1-2-16(4-3-15)38-10-12-6-14(22(28,29)30)8-18(20(12)40)24(34,35)36/h5-10,15-16,39-40H,1-4H2. The Bertz CT molecular complexity index is 1180. The highest BCUT2D eigenvalue weighted by Crippen LogP contribution is 2.43. The summed E-state index contributed by atoms with van der Waals surface area (Å²) < 4.78 is 157. The summed E-state index contributed by atoms with van der Waals surface area (Å²) in [6.45, 7) is 0. The van der Waals surface area contributed by atoms with Crippen molar-refractivity contribution in [2.75, 3.05) is 0 Å². The SMILES string of the molecule is Oc1c(C=NC2CCC(N=Cc3cc(C(F)(F)F)cc(C(F)(F)F)c3O)CC2)cc(C(F)(F)F)cc1C(F)(F)F. The smallest absolute Gasteiger partial charge is 0.419 e. The first-order chi connectivity index (χ1) is 18.2. The Hall–Kier alpha value is -3.46. The quantitative estimate of drug-likeness (QED) is 0.278. The molecule has 16 heteroatoms. The Morgan fingerprint density at radius 2 is 0.825 bits per heavy atom. The molecule has 1 aliphatic carbocycles. The van der Waals surface area contributed by atoms with E-state index in [1.54, 1.807) is 0 Å². The Kier molecular flexibility index (Phi) is 8.42. The van der Waals surface area contributed by atoms with Crippen LogP contribution in [-0.4, -0.2) is 34.7 Å². The van der Waals surface area contributed by atoms with Crippen molar-refractivity contribution in [3.63, 3.8) is 0 Å². The number of phenolic OH excluding ortho intramolecular Hbond substituents is 2. The van der Waals surface area contributed by atoms with Crippen LogP contribution >= 0.6 is 0 Å². The number of hydrogen-bond acceptors (Lipinski definition) is 4. The summed E-state index contributed by atoms with van der Waals surface area (Å²) in [7, 11) is 0. The predicted octanol–water partition coefficient (Wildman–Crippen LogP) is 8.02. The molecule has 0 saturated heterocycles. The fourth-order valence-electron chi connectivity index (χ4n) is 4.00. The fraction of sp³-hybridized carbons (Fsp3) is 0.417. The van der Waals surface area contributed by atoms with Crippen LogP contribution in [0, 0.1) is 0 Å². The normalized spacial score (nSPS) is 19.6.